The number of nitrogens with zero attached hydrogens (tertiary/aromatic N) is 4. The average Bonchev–Trinajstić information content (AvgIpc) is 3.25. The molecule has 1 amide bonds. The maximum absolute atomic E-state index is 12.3. The quantitative estimate of drug-likeness (QED) is 0.192. The molecule has 1 aliphatic rings. The van der Waals surface area contributed by atoms with Gasteiger partial charge in [-0.2, -0.15) is 5.10 Å². The smallest absolute Gasteiger partial charge is 0.250 e. The number of hydrazone groups is 1. The zero-order chi connectivity index (χ0) is 23.2. The maximum atomic E-state index is 12.3. The van der Waals surface area contributed by atoms with Crippen LogP contribution in [0, 0.1) is 0 Å². The van der Waals surface area contributed by atoms with Crippen LogP contribution in [-0.2, 0) is 4.79 Å². The van der Waals surface area contributed by atoms with Crippen molar-refractivity contribution in [1.29, 1.82) is 0 Å². The Morgan fingerprint density at radius 1 is 1.12 bits per heavy atom. The highest BCUT2D eigenvalue weighted by molar-refractivity contribution is 7.99. The predicted molar refractivity (Wildman–Crippen MR) is 129 cm³/mol. The summed E-state index contributed by atoms with van der Waals surface area (Å²) in [6, 6.07) is 12.1. The summed E-state index contributed by atoms with van der Waals surface area (Å²) >= 11 is 7.37. The lowest BCUT2D eigenvalue weighted by molar-refractivity contribution is -0.118. The van der Waals surface area contributed by atoms with Gasteiger partial charge >= 0.3 is 0 Å². The minimum Gasteiger partial charge on any atom is -0.504 e. The largest absolute Gasteiger partial charge is 0.504 e. The van der Waals surface area contributed by atoms with E-state index in [0.29, 0.717) is 21.8 Å². The van der Waals surface area contributed by atoms with Crippen LogP contribution < -0.4 is 5.43 Å². The molecule has 1 aromatic heterocycles. The van der Waals surface area contributed by atoms with Crippen molar-refractivity contribution in [2.45, 2.75) is 43.3 Å². The fraction of sp³-hybridized carbons (Fsp3) is 0.304. The fourth-order valence-corrected chi connectivity index (χ4v) is 4.73. The van der Waals surface area contributed by atoms with Crippen LogP contribution in [0.4, 0.5) is 0 Å². The Morgan fingerprint density at radius 3 is 2.61 bits per heavy atom. The van der Waals surface area contributed by atoms with Crippen molar-refractivity contribution in [2.75, 3.05) is 5.75 Å². The van der Waals surface area contributed by atoms with Gasteiger partial charge in [-0.25, -0.2) is 5.43 Å². The summed E-state index contributed by atoms with van der Waals surface area (Å²) in [6.45, 7) is 0. The monoisotopic (exact) mass is 485 g/mol. The zero-order valence-corrected chi connectivity index (χ0v) is 19.4. The molecule has 0 bridgehead atoms. The first-order chi connectivity index (χ1) is 16.0. The third-order valence-electron chi connectivity index (χ3n) is 5.44. The molecule has 1 fully saturated rings. The molecule has 3 N–H and O–H groups in total. The Morgan fingerprint density at radius 2 is 1.88 bits per heavy atom. The van der Waals surface area contributed by atoms with Crippen molar-refractivity contribution in [1.82, 2.24) is 20.2 Å². The molecule has 8 nitrogen and oxygen atoms in total. The van der Waals surface area contributed by atoms with Gasteiger partial charge in [0.2, 0.25) is 0 Å². The minimum atomic E-state index is -0.287. The van der Waals surface area contributed by atoms with Crippen LogP contribution in [0.15, 0.2) is 52.7 Å². The van der Waals surface area contributed by atoms with E-state index in [1.165, 1.54) is 36.5 Å². The Hall–Kier alpha value is -3.04. The Bertz CT molecular complexity index is 1140. The van der Waals surface area contributed by atoms with E-state index in [-0.39, 0.29) is 23.2 Å². The second kappa shape index (κ2) is 10.7. The standard InChI is InChI=1S/C23H24ClN5O3S/c24-17-9-7-16(8-10-17)22-27-28-23(29(22)18-4-2-1-3-5-18)33-14-21(32)26-25-13-15-6-11-19(30)20(31)12-15/h6-13,18,30-31H,1-5,14H2,(H,26,32)/b25-13+. The number of rotatable bonds is 7. The van der Waals surface area contributed by atoms with Crippen molar-refractivity contribution in [2.24, 2.45) is 5.10 Å². The molecule has 1 heterocycles. The molecule has 0 spiro atoms. The van der Waals surface area contributed by atoms with Crippen LogP contribution in [0.2, 0.25) is 5.02 Å². The van der Waals surface area contributed by atoms with Crippen LogP contribution in [-0.4, -0.2) is 42.9 Å². The number of phenols is 2. The molecule has 3 aromatic rings. The first kappa shape index (κ1) is 23.1. The molecular formula is C23H24ClN5O3S. The average molecular weight is 486 g/mol. The van der Waals surface area contributed by atoms with Gasteiger partial charge in [0.1, 0.15) is 0 Å². The summed E-state index contributed by atoms with van der Waals surface area (Å²) in [6.07, 6.45) is 7.07. The van der Waals surface area contributed by atoms with E-state index >= 15 is 0 Å². The summed E-state index contributed by atoms with van der Waals surface area (Å²) in [5, 5.41) is 33.0. The molecule has 33 heavy (non-hydrogen) atoms. The molecule has 1 saturated carbocycles. The first-order valence-corrected chi connectivity index (χ1v) is 12.0. The van der Waals surface area contributed by atoms with Crippen LogP contribution in [0.3, 0.4) is 0 Å². The van der Waals surface area contributed by atoms with Gasteiger partial charge in [0.25, 0.3) is 5.91 Å². The number of hydrogen-bond donors (Lipinski definition) is 3. The van der Waals surface area contributed by atoms with E-state index < -0.39 is 0 Å². The minimum absolute atomic E-state index is 0.129. The van der Waals surface area contributed by atoms with Crippen molar-refractivity contribution in [3.8, 4) is 22.9 Å². The van der Waals surface area contributed by atoms with Gasteiger partial charge in [-0.05, 0) is 60.9 Å². The van der Waals surface area contributed by atoms with Gasteiger partial charge in [0.05, 0.1) is 12.0 Å². The van der Waals surface area contributed by atoms with E-state index in [0.717, 1.165) is 37.1 Å². The van der Waals surface area contributed by atoms with Crippen molar-refractivity contribution >= 4 is 35.5 Å². The summed E-state index contributed by atoms with van der Waals surface area (Å²) in [5.41, 5.74) is 3.96. The fourth-order valence-electron chi connectivity index (χ4n) is 3.80. The van der Waals surface area contributed by atoms with E-state index in [4.69, 9.17) is 11.6 Å². The number of amides is 1. The number of benzene rings is 2. The molecule has 1 aliphatic carbocycles. The number of halogens is 1. The topological polar surface area (TPSA) is 113 Å². The van der Waals surface area contributed by atoms with Crippen molar-refractivity contribution in [3.63, 3.8) is 0 Å². The summed E-state index contributed by atoms with van der Waals surface area (Å²) in [5.74, 6) is 0.160. The van der Waals surface area contributed by atoms with Gasteiger partial charge in [-0.3, -0.25) is 9.36 Å². The molecule has 4 rings (SSSR count). The Kier molecular flexibility index (Phi) is 7.51. The van der Waals surface area contributed by atoms with E-state index in [9.17, 15) is 15.0 Å². The van der Waals surface area contributed by atoms with Gasteiger partial charge in [0, 0.05) is 16.6 Å². The highest BCUT2D eigenvalue weighted by Gasteiger charge is 2.24. The second-order valence-electron chi connectivity index (χ2n) is 7.80. The van der Waals surface area contributed by atoms with E-state index in [1.807, 2.05) is 24.3 Å². The molecule has 10 heteroatoms. The Balaban J connectivity index is 1.44. The highest BCUT2D eigenvalue weighted by Crippen LogP contribution is 2.35. The maximum Gasteiger partial charge on any atom is 0.250 e. The number of thioether (sulfide) groups is 1. The van der Waals surface area contributed by atoms with Crippen LogP contribution in [0.1, 0.15) is 43.7 Å². The molecule has 0 atom stereocenters. The van der Waals surface area contributed by atoms with Crippen LogP contribution in [0.5, 0.6) is 11.5 Å². The molecule has 0 unspecified atom stereocenters. The van der Waals surface area contributed by atoms with Gasteiger partial charge in [-0.1, -0.05) is 42.6 Å². The molecular weight excluding hydrogens is 462 g/mol. The predicted octanol–water partition coefficient (Wildman–Crippen LogP) is 4.76. The number of nitrogens with one attached hydrogen (secondary N) is 1. The third-order valence-corrected chi connectivity index (χ3v) is 6.64. The van der Waals surface area contributed by atoms with E-state index in [1.54, 1.807) is 6.07 Å². The highest BCUT2D eigenvalue weighted by atomic mass is 35.5. The molecule has 172 valence electrons. The SMILES string of the molecule is O=C(CSc1nnc(-c2ccc(Cl)cc2)n1C1CCCCC1)N/N=C/c1ccc(O)c(O)c1. The lowest BCUT2D eigenvalue weighted by atomic mass is 9.95. The molecule has 2 aromatic carbocycles. The molecule has 0 saturated heterocycles. The van der Waals surface area contributed by atoms with Gasteiger partial charge in [0.15, 0.2) is 22.5 Å². The number of carbonyl (C=O) groups is 1. The number of carbonyl (C=O) groups excluding carboxylic acids is 1. The normalized spacial score (nSPS) is 14.6. The van der Waals surface area contributed by atoms with E-state index in [2.05, 4.69) is 25.3 Å². The summed E-state index contributed by atoms with van der Waals surface area (Å²) in [7, 11) is 0. The van der Waals surface area contributed by atoms with Crippen molar-refractivity contribution in [3.05, 3.63) is 53.1 Å². The first-order valence-electron chi connectivity index (χ1n) is 10.7. The molecule has 0 aliphatic heterocycles. The number of aromatic nitrogens is 3. The summed E-state index contributed by atoms with van der Waals surface area (Å²) in [4.78, 5) is 12.3. The lowest BCUT2D eigenvalue weighted by Gasteiger charge is -2.25. The van der Waals surface area contributed by atoms with Gasteiger partial charge in [-0.15, -0.1) is 10.2 Å². The second-order valence-corrected chi connectivity index (χ2v) is 9.18. The number of aromatic hydroxyl groups is 2. The lowest BCUT2D eigenvalue weighted by Crippen LogP contribution is -2.20. The van der Waals surface area contributed by atoms with Crippen LogP contribution in [0.25, 0.3) is 11.4 Å². The number of hydrogen-bond acceptors (Lipinski definition) is 7. The van der Waals surface area contributed by atoms with Gasteiger partial charge < -0.3 is 10.2 Å². The molecule has 0 radical (unpaired) electrons. The Labute approximate surface area is 200 Å². The third kappa shape index (κ3) is 5.85. The van der Waals surface area contributed by atoms with Crippen LogP contribution >= 0.6 is 23.4 Å². The number of phenolic OH excluding ortho intramolecular Hbond substituents is 2. The summed E-state index contributed by atoms with van der Waals surface area (Å²) < 4.78 is 2.16. The van der Waals surface area contributed by atoms with Crippen molar-refractivity contribution < 1.29 is 15.0 Å². The zero-order valence-electron chi connectivity index (χ0n) is 17.8.